The molecule has 0 amide bonds. The van der Waals surface area contributed by atoms with E-state index in [1.807, 2.05) is 0 Å². The van der Waals surface area contributed by atoms with Gasteiger partial charge in [-0.25, -0.2) is 4.79 Å². The van der Waals surface area contributed by atoms with Crippen LogP contribution in [0.3, 0.4) is 0 Å². The van der Waals surface area contributed by atoms with Crippen molar-refractivity contribution in [3.63, 3.8) is 0 Å². The zero-order valence-corrected chi connectivity index (χ0v) is 12.9. The smallest absolute Gasteiger partial charge is 0.337 e. The van der Waals surface area contributed by atoms with Crippen molar-refractivity contribution in [3.05, 3.63) is 29.8 Å². The molecule has 1 aliphatic rings. The minimum Gasteiger partial charge on any atom is -0.465 e. The number of ether oxygens (including phenoxy) is 3. The van der Waals surface area contributed by atoms with Gasteiger partial charge in [0.1, 0.15) is 18.5 Å². The lowest BCUT2D eigenvalue weighted by atomic mass is 10.0. The van der Waals surface area contributed by atoms with Crippen LogP contribution in [0.2, 0.25) is 0 Å². The van der Waals surface area contributed by atoms with Gasteiger partial charge in [0, 0.05) is 19.2 Å². The van der Waals surface area contributed by atoms with Gasteiger partial charge in [0.15, 0.2) is 6.29 Å². The third-order valence-electron chi connectivity index (χ3n) is 3.17. The van der Waals surface area contributed by atoms with Crippen LogP contribution in [0.25, 0.3) is 0 Å². The van der Waals surface area contributed by atoms with Crippen LogP contribution in [0.1, 0.15) is 16.8 Å². The van der Waals surface area contributed by atoms with Crippen LogP contribution < -0.4 is 5.73 Å². The van der Waals surface area contributed by atoms with Crippen LogP contribution in [-0.2, 0) is 19.0 Å². The maximum atomic E-state index is 10.9. The Morgan fingerprint density at radius 1 is 1.30 bits per heavy atom. The average molecular weight is 327 g/mol. The number of esters is 1. The van der Waals surface area contributed by atoms with Crippen molar-refractivity contribution < 1.29 is 34.0 Å². The number of hydrogen-bond acceptors (Lipinski definition) is 8. The number of nitrogens with two attached hydrogens (primary N) is 1. The fraction of sp³-hybridized carbons (Fsp3) is 0.467. The molecule has 4 atom stereocenters. The van der Waals surface area contributed by atoms with Gasteiger partial charge in [-0.05, 0) is 24.3 Å². The van der Waals surface area contributed by atoms with Crippen molar-refractivity contribution in [2.24, 2.45) is 0 Å². The van der Waals surface area contributed by atoms with Crippen LogP contribution in [0.15, 0.2) is 24.3 Å². The largest absolute Gasteiger partial charge is 0.465 e. The lowest BCUT2D eigenvalue weighted by Gasteiger charge is -2.33. The number of hydrogen-bond donors (Lipinski definition) is 3. The molecular formula is C15H21NO7. The first-order valence-electron chi connectivity index (χ1n) is 6.86. The molecule has 23 heavy (non-hydrogen) atoms. The summed E-state index contributed by atoms with van der Waals surface area (Å²) in [6.45, 7) is 0. The van der Waals surface area contributed by atoms with Gasteiger partial charge in [-0.1, -0.05) is 0 Å². The number of aldehydes is 1. The predicted molar refractivity (Wildman–Crippen MR) is 80.6 cm³/mol. The molecule has 8 heteroatoms. The molecule has 4 N–H and O–H groups in total. The average Bonchev–Trinajstić information content (AvgIpc) is 2.57. The highest BCUT2D eigenvalue weighted by atomic mass is 16.7. The van der Waals surface area contributed by atoms with Crippen LogP contribution in [0.5, 0.6) is 0 Å². The Hall–Kier alpha value is -2.00. The number of carbonyl (C=O) groups is 2. The third-order valence-corrected chi connectivity index (χ3v) is 3.17. The van der Waals surface area contributed by atoms with E-state index in [1.54, 1.807) is 24.3 Å². The van der Waals surface area contributed by atoms with Gasteiger partial charge in [-0.2, -0.15) is 0 Å². The van der Waals surface area contributed by atoms with E-state index in [-0.39, 0.29) is 12.4 Å². The molecule has 1 aromatic rings. The van der Waals surface area contributed by atoms with E-state index in [4.69, 9.17) is 15.2 Å². The van der Waals surface area contributed by atoms with Crippen LogP contribution in [0, 0.1) is 0 Å². The second-order valence-corrected chi connectivity index (χ2v) is 4.82. The second-order valence-electron chi connectivity index (χ2n) is 4.82. The number of nitrogen functional groups attached to an aromatic ring is 1. The quantitative estimate of drug-likeness (QED) is 0.393. The summed E-state index contributed by atoms with van der Waals surface area (Å²) in [6.07, 6.45) is -2.94. The molecule has 0 spiro atoms. The van der Waals surface area contributed by atoms with Crippen molar-refractivity contribution in [2.75, 3.05) is 20.0 Å². The predicted octanol–water partition coefficient (Wildman–Crippen LogP) is -0.276. The summed E-state index contributed by atoms with van der Waals surface area (Å²) in [5.74, 6) is -0.343. The van der Waals surface area contributed by atoms with Crippen molar-refractivity contribution >= 4 is 17.9 Å². The highest BCUT2D eigenvalue weighted by Gasteiger charge is 2.36. The normalized spacial score (nSPS) is 26.6. The van der Waals surface area contributed by atoms with E-state index in [9.17, 15) is 19.8 Å². The first-order valence-corrected chi connectivity index (χ1v) is 6.86. The van der Waals surface area contributed by atoms with Crippen molar-refractivity contribution in [1.82, 2.24) is 0 Å². The molecular weight excluding hydrogens is 306 g/mol. The van der Waals surface area contributed by atoms with Gasteiger partial charge in [0.2, 0.25) is 0 Å². The standard InChI is InChI=1S/C8H9NO2.C7H12O5/c1-11-8(10)6-2-4-7(9)5-3-6;1-11-7-6(10)5(9)2-4(3-8)12-7/h2-5H,9H2,1H3;3-7,9-10H,2H2,1H3/t;4-,5-,6-,7-/m.0/s1. The summed E-state index contributed by atoms with van der Waals surface area (Å²) in [5.41, 5.74) is 6.57. The molecule has 0 unspecified atom stereocenters. The van der Waals surface area contributed by atoms with Crippen LogP contribution in [-0.4, -0.2) is 61.3 Å². The monoisotopic (exact) mass is 327 g/mol. The number of anilines is 1. The molecule has 0 saturated carbocycles. The van der Waals surface area contributed by atoms with Gasteiger partial charge in [-0.3, -0.25) is 0 Å². The Balaban J connectivity index is 0.000000231. The molecule has 1 heterocycles. The second kappa shape index (κ2) is 9.21. The van der Waals surface area contributed by atoms with Crippen molar-refractivity contribution in [2.45, 2.75) is 31.0 Å². The Morgan fingerprint density at radius 2 is 1.91 bits per heavy atom. The molecule has 0 bridgehead atoms. The van der Waals surface area contributed by atoms with Gasteiger partial charge < -0.3 is 35.0 Å². The molecule has 8 nitrogen and oxygen atoms in total. The van der Waals surface area contributed by atoms with Crippen LogP contribution >= 0.6 is 0 Å². The number of carbonyl (C=O) groups excluding carboxylic acids is 2. The highest BCUT2D eigenvalue weighted by Crippen LogP contribution is 2.19. The summed E-state index contributed by atoms with van der Waals surface area (Å²) in [4.78, 5) is 21.2. The zero-order valence-electron chi connectivity index (χ0n) is 12.9. The SMILES string of the molecule is COC(=O)c1ccc(N)cc1.CO[C@H]1O[C@H](C=O)C[C@H](O)[C@@H]1O. The molecule has 1 aromatic carbocycles. The van der Waals surface area contributed by atoms with E-state index in [1.165, 1.54) is 14.2 Å². The molecule has 0 aliphatic carbocycles. The number of aliphatic hydroxyl groups is 2. The Labute approximate surface area is 133 Å². The lowest BCUT2D eigenvalue weighted by molar-refractivity contribution is -0.250. The molecule has 1 fully saturated rings. The van der Waals surface area contributed by atoms with E-state index in [2.05, 4.69) is 4.74 Å². The molecule has 2 rings (SSSR count). The first kappa shape index (κ1) is 19.0. The number of benzene rings is 1. The highest BCUT2D eigenvalue weighted by molar-refractivity contribution is 5.89. The number of methoxy groups -OCH3 is 2. The molecule has 0 aromatic heterocycles. The minimum atomic E-state index is -1.08. The Morgan fingerprint density at radius 3 is 2.39 bits per heavy atom. The fourth-order valence-corrected chi connectivity index (χ4v) is 1.89. The maximum Gasteiger partial charge on any atom is 0.337 e. The number of aliphatic hydroxyl groups excluding tert-OH is 2. The summed E-state index contributed by atoms with van der Waals surface area (Å²) in [5, 5.41) is 18.4. The summed E-state index contributed by atoms with van der Waals surface area (Å²) in [6, 6.07) is 6.57. The fourth-order valence-electron chi connectivity index (χ4n) is 1.89. The van der Waals surface area contributed by atoms with Gasteiger partial charge in [0.25, 0.3) is 0 Å². The van der Waals surface area contributed by atoms with Gasteiger partial charge >= 0.3 is 5.97 Å². The van der Waals surface area contributed by atoms with Crippen molar-refractivity contribution in [3.8, 4) is 0 Å². The van der Waals surface area contributed by atoms with Gasteiger partial charge in [0.05, 0.1) is 18.8 Å². The van der Waals surface area contributed by atoms with Crippen LogP contribution in [0.4, 0.5) is 5.69 Å². The zero-order chi connectivity index (χ0) is 17.4. The Bertz CT molecular complexity index is 505. The summed E-state index contributed by atoms with van der Waals surface area (Å²) < 4.78 is 14.2. The van der Waals surface area contributed by atoms with Gasteiger partial charge in [-0.15, -0.1) is 0 Å². The van der Waals surface area contributed by atoms with E-state index in [0.29, 0.717) is 17.5 Å². The van der Waals surface area contributed by atoms with Crippen molar-refractivity contribution in [1.29, 1.82) is 0 Å². The van der Waals surface area contributed by atoms with E-state index < -0.39 is 24.6 Å². The number of rotatable bonds is 3. The summed E-state index contributed by atoms with van der Waals surface area (Å²) in [7, 11) is 2.69. The minimum absolute atomic E-state index is 0.116. The van der Waals surface area contributed by atoms with E-state index in [0.717, 1.165) is 0 Å². The Kier molecular flexibility index (Phi) is 7.63. The topological polar surface area (TPSA) is 128 Å². The maximum absolute atomic E-state index is 10.9. The molecule has 0 radical (unpaired) electrons. The third kappa shape index (κ3) is 5.61. The van der Waals surface area contributed by atoms with E-state index >= 15 is 0 Å². The lowest BCUT2D eigenvalue weighted by Crippen LogP contribution is -2.49. The molecule has 128 valence electrons. The first-order chi connectivity index (χ1) is 10.9. The summed E-state index contributed by atoms with van der Waals surface area (Å²) >= 11 is 0. The molecule has 1 saturated heterocycles. The molecule has 1 aliphatic heterocycles.